The van der Waals surface area contributed by atoms with E-state index in [9.17, 15) is 4.79 Å². The number of rotatable bonds is 4. The Kier molecular flexibility index (Phi) is 4.40. The van der Waals surface area contributed by atoms with Gasteiger partial charge < -0.3 is 5.32 Å². The molecule has 3 nitrogen and oxygen atoms in total. The van der Waals surface area contributed by atoms with Gasteiger partial charge in [-0.3, -0.25) is 4.79 Å². The van der Waals surface area contributed by atoms with Gasteiger partial charge >= 0.3 is 0 Å². The molecule has 1 N–H and O–H groups in total. The molecule has 1 aliphatic rings. The SMILES string of the molecule is CC1CCC(NC(=O)Cc2nc(CCl)cs2)C1. The van der Waals surface area contributed by atoms with Crippen LogP contribution in [0.25, 0.3) is 0 Å². The van der Waals surface area contributed by atoms with Crippen molar-refractivity contribution in [3.63, 3.8) is 0 Å². The summed E-state index contributed by atoms with van der Waals surface area (Å²) in [6.07, 6.45) is 3.82. The summed E-state index contributed by atoms with van der Waals surface area (Å²) in [4.78, 5) is 16.1. The molecule has 1 heterocycles. The number of hydrogen-bond donors (Lipinski definition) is 1. The fourth-order valence-electron chi connectivity index (χ4n) is 2.25. The molecule has 94 valence electrons. The lowest BCUT2D eigenvalue weighted by Crippen LogP contribution is -2.34. The van der Waals surface area contributed by atoms with Crippen molar-refractivity contribution in [1.82, 2.24) is 10.3 Å². The van der Waals surface area contributed by atoms with Gasteiger partial charge in [-0.05, 0) is 25.2 Å². The van der Waals surface area contributed by atoms with Crippen molar-refractivity contribution in [2.45, 2.75) is 44.5 Å². The van der Waals surface area contributed by atoms with E-state index in [2.05, 4.69) is 17.2 Å². The van der Waals surface area contributed by atoms with Crippen molar-refractivity contribution < 1.29 is 4.79 Å². The maximum atomic E-state index is 11.8. The van der Waals surface area contributed by atoms with Gasteiger partial charge in [0.1, 0.15) is 5.01 Å². The van der Waals surface area contributed by atoms with E-state index in [-0.39, 0.29) is 5.91 Å². The Morgan fingerprint density at radius 2 is 2.47 bits per heavy atom. The molecule has 0 saturated heterocycles. The molecule has 1 aliphatic carbocycles. The van der Waals surface area contributed by atoms with Crippen LogP contribution in [0, 0.1) is 5.92 Å². The lowest BCUT2D eigenvalue weighted by molar-refractivity contribution is -0.121. The van der Waals surface area contributed by atoms with Crippen molar-refractivity contribution in [3.8, 4) is 0 Å². The molecule has 0 spiro atoms. The number of amides is 1. The van der Waals surface area contributed by atoms with E-state index in [1.165, 1.54) is 17.8 Å². The van der Waals surface area contributed by atoms with Crippen LogP contribution in [-0.2, 0) is 17.1 Å². The first-order chi connectivity index (χ1) is 8.17. The lowest BCUT2D eigenvalue weighted by Gasteiger charge is -2.11. The second-order valence-corrected chi connectivity index (χ2v) is 5.94. The van der Waals surface area contributed by atoms with E-state index >= 15 is 0 Å². The Morgan fingerprint density at radius 1 is 1.65 bits per heavy atom. The van der Waals surface area contributed by atoms with Crippen LogP contribution in [0.1, 0.15) is 36.9 Å². The highest BCUT2D eigenvalue weighted by Gasteiger charge is 2.22. The Bertz CT molecular complexity index is 394. The van der Waals surface area contributed by atoms with Crippen LogP contribution < -0.4 is 5.32 Å². The van der Waals surface area contributed by atoms with Gasteiger partial charge in [0.15, 0.2) is 0 Å². The third-order valence-corrected chi connectivity index (χ3v) is 4.28. The van der Waals surface area contributed by atoms with E-state index in [4.69, 9.17) is 11.6 Å². The van der Waals surface area contributed by atoms with Crippen LogP contribution >= 0.6 is 22.9 Å². The number of halogens is 1. The highest BCUT2D eigenvalue weighted by Crippen LogP contribution is 2.24. The molecule has 1 fully saturated rings. The third-order valence-electron chi connectivity index (χ3n) is 3.11. The quantitative estimate of drug-likeness (QED) is 0.857. The first kappa shape index (κ1) is 12.8. The Morgan fingerprint density at radius 3 is 3.06 bits per heavy atom. The number of carbonyl (C=O) groups is 1. The Hall–Kier alpha value is -0.610. The number of nitrogens with one attached hydrogen (secondary N) is 1. The highest BCUT2D eigenvalue weighted by molar-refractivity contribution is 7.09. The zero-order valence-corrected chi connectivity index (χ0v) is 11.5. The van der Waals surface area contributed by atoms with E-state index in [1.54, 1.807) is 0 Å². The molecule has 2 rings (SSSR count). The summed E-state index contributed by atoms with van der Waals surface area (Å²) in [6.45, 7) is 2.24. The summed E-state index contributed by atoms with van der Waals surface area (Å²) >= 11 is 7.18. The molecule has 1 amide bonds. The molecular weight excluding hydrogens is 256 g/mol. The molecule has 17 heavy (non-hydrogen) atoms. The molecule has 0 aromatic carbocycles. The van der Waals surface area contributed by atoms with E-state index in [1.807, 2.05) is 5.38 Å². The average Bonchev–Trinajstić information content (AvgIpc) is 2.88. The molecule has 2 unspecified atom stereocenters. The zero-order valence-electron chi connectivity index (χ0n) is 9.91. The minimum atomic E-state index is 0.0829. The summed E-state index contributed by atoms with van der Waals surface area (Å²) < 4.78 is 0. The summed E-state index contributed by atoms with van der Waals surface area (Å²) in [7, 11) is 0. The van der Waals surface area contributed by atoms with Crippen molar-refractivity contribution in [2.75, 3.05) is 0 Å². The monoisotopic (exact) mass is 272 g/mol. The Balaban J connectivity index is 1.80. The van der Waals surface area contributed by atoms with Gasteiger partial charge in [0.25, 0.3) is 0 Å². The predicted molar refractivity (Wildman–Crippen MR) is 70.3 cm³/mol. The van der Waals surface area contributed by atoms with Gasteiger partial charge in [-0.2, -0.15) is 0 Å². The van der Waals surface area contributed by atoms with Crippen LogP contribution in [0.15, 0.2) is 5.38 Å². The maximum absolute atomic E-state index is 11.8. The number of hydrogen-bond acceptors (Lipinski definition) is 3. The molecular formula is C12H17ClN2OS. The number of thiazole rings is 1. The minimum Gasteiger partial charge on any atom is -0.353 e. The zero-order chi connectivity index (χ0) is 12.3. The van der Waals surface area contributed by atoms with Gasteiger partial charge in [0, 0.05) is 11.4 Å². The topological polar surface area (TPSA) is 42.0 Å². The van der Waals surface area contributed by atoms with E-state index in [0.717, 1.165) is 29.5 Å². The maximum Gasteiger partial charge on any atom is 0.227 e. The molecule has 0 radical (unpaired) electrons. The van der Waals surface area contributed by atoms with Crippen molar-refractivity contribution in [1.29, 1.82) is 0 Å². The second-order valence-electron chi connectivity index (χ2n) is 4.73. The van der Waals surface area contributed by atoms with Crippen LogP contribution in [0.3, 0.4) is 0 Å². The smallest absolute Gasteiger partial charge is 0.227 e. The number of nitrogens with zero attached hydrogens (tertiary/aromatic N) is 1. The van der Waals surface area contributed by atoms with Gasteiger partial charge in [-0.15, -0.1) is 22.9 Å². The fraction of sp³-hybridized carbons (Fsp3) is 0.667. The summed E-state index contributed by atoms with van der Waals surface area (Å²) in [5, 5.41) is 5.84. The average molecular weight is 273 g/mol. The lowest BCUT2D eigenvalue weighted by atomic mass is 10.1. The molecule has 5 heteroatoms. The summed E-state index contributed by atoms with van der Waals surface area (Å²) in [5.41, 5.74) is 0.856. The van der Waals surface area contributed by atoms with Crippen molar-refractivity contribution in [3.05, 3.63) is 16.1 Å². The molecule has 1 aromatic heterocycles. The summed E-state index contributed by atoms with van der Waals surface area (Å²) in [6, 6.07) is 0.366. The number of carbonyl (C=O) groups excluding carboxylic acids is 1. The van der Waals surface area contributed by atoms with Gasteiger partial charge in [0.2, 0.25) is 5.91 Å². The van der Waals surface area contributed by atoms with Gasteiger partial charge in [0.05, 0.1) is 18.0 Å². The van der Waals surface area contributed by atoms with Crippen LogP contribution in [-0.4, -0.2) is 16.9 Å². The van der Waals surface area contributed by atoms with Gasteiger partial charge in [-0.1, -0.05) is 6.92 Å². The molecule has 0 bridgehead atoms. The van der Waals surface area contributed by atoms with E-state index in [0.29, 0.717) is 18.3 Å². The van der Waals surface area contributed by atoms with Crippen molar-refractivity contribution in [2.24, 2.45) is 5.92 Å². The van der Waals surface area contributed by atoms with Crippen LogP contribution in [0.4, 0.5) is 0 Å². The molecule has 2 atom stereocenters. The third kappa shape index (κ3) is 3.68. The predicted octanol–water partition coefficient (Wildman–Crippen LogP) is 2.73. The number of aromatic nitrogens is 1. The first-order valence-corrected chi connectivity index (χ1v) is 7.37. The highest BCUT2D eigenvalue weighted by atomic mass is 35.5. The van der Waals surface area contributed by atoms with Crippen LogP contribution in [0.2, 0.25) is 0 Å². The molecule has 1 aromatic rings. The first-order valence-electron chi connectivity index (χ1n) is 5.96. The van der Waals surface area contributed by atoms with Crippen molar-refractivity contribution >= 4 is 28.8 Å². The number of alkyl halides is 1. The van der Waals surface area contributed by atoms with Gasteiger partial charge in [-0.25, -0.2) is 4.98 Å². The summed E-state index contributed by atoms with van der Waals surface area (Å²) in [5.74, 6) is 1.24. The molecule has 1 saturated carbocycles. The largest absolute Gasteiger partial charge is 0.353 e. The van der Waals surface area contributed by atoms with E-state index < -0.39 is 0 Å². The molecule has 0 aliphatic heterocycles. The second kappa shape index (κ2) is 5.83. The standard InChI is InChI=1S/C12H17ClN2OS/c1-8-2-3-9(4-8)14-11(16)5-12-15-10(6-13)7-17-12/h7-9H,2-6H2,1H3,(H,14,16). The Labute approximate surface area is 111 Å². The normalized spacial score (nSPS) is 23.9. The fourth-order valence-corrected chi connectivity index (χ4v) is 3.27. The minimum absolute atomic E-state index is 0.0829. The van der Waals surface area contributed by atoms with Crippen LogP contribution in [0.5, 0.6) is 0 Å².